The van der Waals surface area contributed by atoms with Gasteiger partial charge in [0, 0.05) is 18.3 Å². The Bertz CT molecular complexity index is 1160. The van der Waals surface area contributed by atoms with Crippen LogP contribution >= 0.6 is 0 Å². The predicted molar refractivity (Wildman–Crippen MR) is 134 cm³/mol. The maximum atomic E-state index is 12.5. The smallest absolute Gasteiger partial charge is 0.265 e. The number of hydrogen-bond donors (Lipinski definition) is 1. The third-order valence-electron chi connectivity index (χ3n) is 5.52. The Balaban J connectivity index is 1.36. The Labute approximate surface area is 199 Å². The van der Waals surface area contributed by atoms with E-state index in [9.17, 15) is 9.59 Å². The lowest BCUT2D eigenvalue weighted by molar-refractivity contribution is -0.121. The molecule has 0 unspecified atom stereocenters. The molecule has 1 aliphatic heterocycles. The summed E-state index contributed by atoms with van der Waals surface area (Å²) in [6.07, 6.45) is 4.89. The second-order valence-corrected chi connectivity index (χ2v) is 7.95. The molecule has 1 N–H and O–H groups in total. The van der Waals surface area contributed by atoms with Crippen LogP contribution in [-0.2, 0) is 16.0 Å². The van der Waals surface area contributed by atoms with Gasteiger partial charge < -0.3 is 19.7 Å². The molecule has 4 rings (SSSR count). The number of anilines is 2. The van der Waals surface area contributed by atoms with Crippen LogP contribution in [0.25, 0.3) is 6.08 Å². The summed E-state index contributed by atoms with van der Waals surface area (Å²) in [6.45, 7) is 3.10. The zero-order valence-electron chi connectivity index (χ0n) is 19.2. The average molecular weight is 457 g/mol. The van der Waals surface area contributed by atoms with Crippen LogP contribution in [0.3, 0.4) is 0 Å². The summed E-state index contributed by atoms with van der Waals surface area (Å²) in [7, 11) is 0. The minimum absolute atomic E-state index is 0.00213. The third kappa shape index (κ3) is 6.04. The van der Waals surface area contributed by atoms with Gasteiger partial charge in [-0.3, -0.25) is 9.59 Å². The van der Waals surface area contributed by atoms with Crippen molar-refractivity contribution in [3.63, 3.8) is 0 Å². The number of amides is 2. The number of hydrogen-bond acceptors (Lipinski definition) is 4. The summed E-state index contributed by atoms with van der Waals surface area (Å²) >= 11 is 0. The molecule has 0 fully saturated rings. The van der Waals surface area contributed by atoms with Crippen LogP contribution in [0.15, 0.2) is 78.9 Å². The lowest BCUT2D eigenvalue weighted by Gasteiger charge is -2.29. The van der Waals surface area contributed by atoms with Gasteiger partial charge in [0.05, 0.1) is 12.3 Å². The first-order valence-corrected chi connectivity index (χ1v) is 11.5. The first kappa shape index (κ1) is 23.1. The fourth-order valence-corrected chi connectivity index (χ4v) is 3.68. The van der Waals surface area contributed by atoms with E-state index in [1.165, 1.54) is 11.6 Å². The maximum Gasteiger partial charge on any atom is 0.265 e. The van der Waals surface area contributed by atoms with Gasteiger partial charge in [0.2, 0.25) is 5.91 Å². The van der Waals surface area contributed by atoms with Gasteiger partial charge in [0.15, 0.2) is 6.61 Å². The van der Waals surface area contributed by atoms with Crippen LogP contribution in [0.2, 0.25) is 0 Å². The number of ether oxygens (including phenoxy) is 2. The third-order valence-corrected chi connectivity index (χ3v) is 5.52. The van der Waals surface area contributed by atoms with Crippen LogP contribution in [0.5, 0.6) is 11.5 Å². The lowest BCUT2D eigenvalue weighted by atomic mass is 10.2. The summed E-state index contributed by atoms with van der Waals surface area (Å²) in [5.74, 6) is 1.07. The summed E-state index contributed by atoms with van der Waals surface area (Å²) in [6, 6.07) is 23.0. The van der Waals surface area contributed by atoms with E-state index in [0.29, 0.717) is 36.7 Å². The Morgan fingerprint density at radius 2 is 1.88 bits per heavy atom. The molecule has 0 atom stereocenters. The Morgan fingerprint density at radius 1 is 1.09 bits per heavy atom. The van der Waals surface area contributed by atoms with Crippen LogP contribution in [0.4, 0.5) is 11.4 Å². The molecule has 174 valence electrons. The van der Waals surface area contributed by atoms with Crippen LogP contribution in [0, 0.1) is 0 Å². The molecule has 0 aromatic heterocycles. The molecule has 1 heterocycles. The van der Waals surface area contributed by atoms with Crippen molar-refractivity contribution in [3.8, 4) is 11.5 Å². The fraction of sp³-hybridized carbons (Fsp3) is 0.214. The topological polar surface area (TPSA) is 67.9 Å². The van der Waals surface area contributed by atoms with Crippen LogP contribution < -0.4 is 19.7 Å². The summed E-state index contributed by atoms with van der Waals surface area (Å²) in [4.78, 5) is 26.6. The Kier molecular flexibility index (Phi) is 7.60. The number of nitrogens with one attached hydrogen (secondary N) is 1. The Hall–Kier alpha value is -4.06. The fourth-order valence-electron chi connectivity index (χ4n) is 3.68. The van der Waals surface area contributed by atoms with E-state index in [4.69, 9.17) is 9.47 Å². The normalized spacial score (nSPS) is 12.9. The lowest BCUT2D eigenvalue weighted by Crippen LogP contribution is -2.39. The molecule has 2 amide bonds. The van der Waals surface area contributed by atoms with Crippen molar-refractivity contribution in [2.75, 3.05) is 30.0 Å². The number of aryl methyl sites for hydroxylation is 1. The highest BCUT2D eigenvalue weighted by atomic mass is 16.5. The molecule has 3 aromatic rings. The van der Waals surface area contributed by atoms with E-state index in [-0.39, 0.29) is 18.4 Å². The molecule has 0 saturated heterocycles. The van der Waals surface area contributed by atoms with Gasteiger partial charge in [-0.1, -0.05) is 49.4 Å². The second kappa shape index (κ2) is 11.2. The van der Waals surface area contributed by atoms with Crippen molar-refractivity contribution in [2.24, 2.45) is 0 Å². The molecule has 0 spiro atoms. The van der Waals surface area contributed by atoms with E-state index < -0.39 is 0 Å². The van der Waals surface area contributed by atoms with E-state index in [0.717, 1.165) is 17.7 Å². The van der Waals surface area contributed by atoms with Gasteiger partial charge in [-0.25, -0.2) is 0 Å². The zero-order valence-corrected chi connectivity index (χ0v) is 19.2. The van der Waals surface area contributed by atoms with Crippen molar-refractivity contribution in [2.45, 2.75) is 19.8 Å². The number of carbonyl (C=O) groups excluding carboxylic acids is 2. The van der Waals surface area contributed by atoms with Gasteiger partial charge in [-0.15, -0.1) is 0 Å². The molecule has 0 radical (unpaired) electrons. The average Bonchev–Trinajstić information content (AvgIpc) is 2.87. The number of nitrogens with zero attached hydrogens (tertiary/aromatic N) is 1. The molecule has 34 heavy (non-hydrogen) atoms. The molecular weight excluding hydrogens is 428 g/mol. The van der Waals surface area contributed by atoms with E-state index >= 15 is 0 Å². The maximum absolute atomic E-state index is 12.5. The van der Waals surface area contributed by atoms with Gasteiger partial charge >= 0.3 is 0 Å². The standard InChI is InChI=1S/C28H28N2O4/c1-2-21-9-13-24(14-10-21)33-18-6-17-30-25-19-23(12-15-26(25)34-20-28(30)32)29-27(31)16-11-22-7-4-3-5-8-22/h3-5,7-16,19H,2,6,17-18,20H2,1H3,(H,29,31)/b16-11+. The summed E-state index contributed by atoms with van der Waals surface area (Å²) in [5, 5.41) is 2.85. The number of fused-ring (bicyclic) bond motifs is 1. The predicted octanol–water partition coefficient (Wildman–Crippen LogP) is 5.10. The number of rotatable bonds is 9. The van der Waals surface area contributed by atoms with Crippen molar-refractivity contribution in [1.29, 1.82) is 0 Å². The molecular formula is C28H28N2O4. The van der Waals surface area contributed by atoms with E-state index in [2.05, 4.69) is 24.4 Å². The highest BCUT2D eigenvalue weighted by Gasteiger charge is 2.25. The quantitative estimate of drug-likeness (QED) is 0.360. The minimum atomic E-state index is -0.249. The van der Waals surface area contributed by atoms with Crippen LogP contribution in [0.1, 0.15) is 24.5 Å². The monoisotopic (exact) mass is 456 g/mol. The molecule has 0 saturated carbocycles. The number of benzene rings is 3. The Morgan fingerprint density at radius 3 is 2.65 bits per heavy atom. The molecule has 0 bridgehead atoms. The largest absolute Gasteiger partial charge is 0.494 e. The van der Waals surface area contributed by atoms with Crippen molar-refractivity contribution in [3.05, 3.63) is 90.0 Å². The van der Waals surface area contributed by atoms with Crippen molar-refractivity contribution in [1.82, 2.24) is 0 Å². The molecule has 6 heteroatoms. The zero-order chi connectivity index (χ0) is 23.8. The minimum Gasteiger partial charge on any atom is -0.494 e. The van der Waals surface area contributed by atoms with Crippen LogP contribution in [-0.4, -0.2) is 31.6 Å². The van der Waals surface area contributed by atoms with Gasteiger partial charge in [0.25, 0.3) is 5.91 Å². The second-order valence-electron chi connectivity index (χ2n) is 7.95. The summed E-state index contributed by atoms with van der Waals surface area (Å²) in [5.41, 5.74) is 3.45. The molecule has 0 aliphatic carbocycles. The first-order valence-electron chi connectivity index (χ1n) is 11.5. The van der Waals surface area contributed by atoms with Gasteiger partial charge in [-0.05, 0) is 60.4 Å². The number of carbonyl (C=O) groups is 2. The van der Waals surface area contributed by atoms with Gasteiger partial charge in [-0.2, -0.15) is 0 Å². The van der Waals surface area contributed by atoms with Crippen molar-refractivity contribution < 1.29 is 19.1 Å². The van der Waals surface area contributed by atoms with E-state index in [1.807, 2.05) is 42.5 Å². The van der Waals surface area contributed by atoms with Gasteiger partial charge in [0.1, 0.15) is 11.5 Å². The molecule has 3 aromatic carbocycles. The van der Waals surface area contributed by atoms with Crippen molar-refractivity contribution >= 4 is 29.3 Å². The highest BCUT2D eigenvalue weighted by Crippen LogP contribution is 2.34. The first-order chi connectivity index (χ1) is 16.6. The molecule has 6 nitrogen and oxygen atoms in total. The SMILES string of the molecule is CCc1ccc(OCCCN2C(=O)COc3ccc(NC(=O)/C=C/c4ccccc4)cc32)cc1. The summed E-state index contributed by atoms with van der Waals surface area (Å²) < 4.78 is 11.4. The van der Waals surface area contributed by atoms with E-state index in [1.54, 1.807) is 29.2 Å². The highest BCUT2D eigenvalue weighted by molar-refractivity contribution is 6.03. The molecule has 1 aliphatic rings.